The summed E-state index contributed by atoms with van der Waals surface area (Å²) in [4.78, 5) is 11.6. The molecule has 0 fully saturated rings. The van der Waals surface area contributed by atoms with Crippen molar-refractivity contribution in [1.82, 2.24) is 10.0 Å². The van der Waals surface area contributed by atoms with Gasteiger partial charge in [-0.25, -0.2) is 13.1 Å². The predicted molar refractivity (Wildman–Crippen MR) is 79.6 cm³/mol. The van der Waals surface area contributed by atoms with E-state index in [-0.39, 0.29) is 18.2 Å². The van der Waals surface area contributed by atoms with Crippen molar-refractivity contribution in [2.75, 3.05) is 24.6 Å². The lowest BCUT2D eigenvalue weighted by Crippen LogP contribution is -2.34. The van der Waals surface area contributed by atoms with Crippen LogP contribution in [0.2, 0.25) is 0 Å². The van der Waals surface area contributed by atoms with Gasteiger partial charge in [-0.1, -0.05) is 19.1 Å². The van der Waals surface area contributed by atoms with Gasteiger partial charge in [0.15, 0.2) is 0 Å². The molecular weight excluding hydrogens is 278 g/mol. The van der Waals surface area contributed by atoms with Crippen molar-refractivity contribution in [2.24, 2.45) is 0 Å². The topological polar surface area (TPSA) is 101 Å². The number of rotatable bonds is 8. The number of nitrogens with two attached hydrogens (primary N) is 1. The zero-order valence-electron chi connectivity index (χ0n) is 11.6. The summed E-state index contributed by atoms with van der Waals surface area (Å²) >= 11 is 0. The molecule has 0 bridgehead atoms. The maximum Gasteiger partial charge on any atom is 0.220 e. The molecule has 1 aromatic rings. The van der Waals surface area contributed by atoms with Gasteiger partial charge in [-0.05, 0) is 24.1 Å². The first kappa shape index (κ1) is 16.5. The van der Waals surface area contributed by atoms with E-state index < -0.39 is 10.0 Å². The summed E-state index contributed by atoms with van der Waals surface area (Å²) in [7, 11) is -3.28. The van der Waals surface area contributed by atoms with Gasteiger partial charge in [0.2, 0.25) is 15.9 Å². The van der Waals surface area contributed by atoms with Crippen LogP contribution in [-0.4, -0.2) is 33.2 Å². The molecule has 0 radical (unpaired) electrons. The highest BCUT2D eigenvalue weighted by Gasteiger charge is 2.09. The molecule has 0 aliphatic rings. The fourth-order valence-electron chi connectivity index (χ4n) is 1.65. The van der Waals surface area contributed by atoms with Crippen molar-refractivity contribution in [1.29, 1.82) is 0 Å². The number of nitrogens with one attached hydrogen (secondary N) is 2. The molecule has 1 rings (SSSR count). The van der Waals surface area contributed by atoms with Crippen LogP contribution in [-0.2, 0) is 21.2 Å². The zero-order chi connectivity index (χ0) is 15.0. The summed E-state index contributed by atoms with van der Waals surface area (Å²) in [5, 5.41) is 2.60. The number of hydrogen-bond donors (Lipinski definition) is 3. The lowest BCUT2D eigenvalue weighted by atomic mass is 10.1. The summed E-state index contributed by atoms with van der Waals surface area (Å²) in [5.74, 6) is -0.262. The van der Waals surface area contributed by atoms with E-state index in [1.165, 1.54) is 0 Å². The maximum atomic E-state index is 11.6. The number of benzene rings is 1. The number of nitrogen functional groups attached to an aromatic ring is 1. The summed E-state index contributed by atoms with van der Waals surface area (Å²) in [6.45, 7) is 2.19. The number of hydrogen-bond acceptors (Lipinski definition) is 4. The van der Waals surface area contributed by atoms with Gasteiger partial charge in [0.25, 0.3) is 0 Å². The van der Waals surface area contributed by atoms with Crippen LogP contribution in [0, 0.1) is 0 Å². The van der Waals surface area contributed by atoms with Crippen LogP contribution >= 0.6 is 0 Å². The minimum atomic E-state index is -3.28. The molecule has 20 heavy (non-hydrogen) atoms. The Kier molecular flexibility index (Phi) is 6.47. The van der Waals surface area contributed by atoms with Crippen LogP contribution in [0.5, 0.6) is 0 Å². The van der Waals surface area contributed by atoms with Crippen molar-refractivity contribution >= 4 is 21.6 Å². The van der Waals surface area contributed by atoms with Gasteiger partial charge in [-0.3, -0.25) is 4.79 Å². The van der Waals surface area contributed by atoms with E-state index in [2.05, 4.69) is 10.0 Å². The van der Waals surface area contributed by atoms with Crippen molar-refractivity contribution in [2.45, 2.75) is 19.8 Å². The molecule has 7 heteroatoms. The summed E-state index contributed by atoms with van der Waals surface area (Å²) in [6, 6.07) is 7.32. The van der Waals surface area contributed by atoms with Crippen molar-refractivity contribution < 1.29 is 13.2 Å². The molecular formula is C13H21N3O3S. The third-order valence-electron chi connectivity index (χ3n) is 2.68. The lowest BCUT2D eigenvalue weighted by molar-refractivity contribution is -0.120. The highest BCUT2D eigenvalue weighted by Crippen LogP contribution is 2.07. The minimum Gasteiger partial charge on any atom is -0.399 e. The predicted octanol–water partition coefficient (Wildman–Crippen LogP) is 0.257. The zero-order valence-corrected chi connectivity index (χ0v) is 12.4. The molecule has 0 aliphatic heterocycles. The Balaban J connectivity index is 2.25. The molecule has 0 spiro atoms. The van der Waals surface area contributed by atoms with Crippen LogP contribution in [0.3, 0.4) is 0 Å². The second kappa shape index (κ2) is 7.86. The molecule has 4 N–H and O–H groups in total. The number of anilines is 1. The second-order valence-corrected chi connectivity index (χ2v) is 6.33. The Hall–Kier alpha value is -1.60. The number of aryl methyl sites for hydroxylation is 1. The monoisotopic (exact) mass is 299 g/mol. The van der Waals surface area contributed by atoms with Crippen LogP contribution in [0.25, 0.3) is 0 Å². The average molecular weight is 299 g/mol. The Bertz CT molecular complexity index is 526. The lowest BCUT2D eigenvalue weighted by Gasteiger charge is -2.07. The van der Waals surface area contributed by atoms with Gasteiger partial charge in [-0.15, -0.1) is 0 Å². The van der Waals surface area contributed by atoms with E-state index in [1.54, 1.807) is 19.1 Å². The van der Waals surface area contributed by atoms with E-state index in [4.69, 9.17) is 5.73 Å². The van der Waals surface area contributed by atoms with Crippen molar-refractivity contribution in [3.8, 4) is 0 Å². The first-order valence-electron chi connectivity index (χ1n) is 6.51. The third kappa shape index (κ3) is 6.53. The van der Waals surface area contributed by atoms with E-state index in [1.807, 2.05) is 12.1 Å². The fraction of sp³-hybridized carbons (Fsp3) is 0.462. The van der Waals surface area contributed by atoms with Crippen LogP contribution < -0.4 is 15.8 Å². The molecule has 0 atom stereocenters. The second-order valence-electron chi connectivity index (χ2n) is 4.41. The first-order chi connectivity index (χ1) is 9.43. The van der Waals surface area contributed by atoms with Crippen LogP contribution in [0.4, 0.5) is 5.69 Å². The fourth-order valence-corrected chi connectivity index (χ4v) is 2.60. The van der Waals surface area contributed by atoms with Crippen molar-refractivity contribution in [3.05, 3.63) is 29.8 Å². The third-order valence-corrected chi connectivity index (χ3v) is 4.15. The van der Waals surface area contributed by atoms with Gasteiger partial charge in [0, 0.05) is 25.2 Å². The van der Waals surface area contributed by atoms with Gasteiger partial charge in [-0.2, -0.15) is 0 Å². The normalized spacial score (nSPS) is 11.2. The smallest absolute Gasteiger partial charge is 0.220 e. The highest BCUT2D eigenvalue weighted by molar-refractivity contribution is 7.89. The highest BCUT2D eigenvalue weighted by atomic mass is 32.2. The van der Waals surface area contributed by atoms with E-state index in [9.17, 15) is 13.2 Å². The molecule has 1 aromatic carbocycles. The molecule has 0 aromatic heterocycles. The van der Waals surface area contributed by atoms with Gasteiger partial charge in [0.1, 0.15) is 0 Å². The molecule has 6 nitrogen and oxygen atoms in total. The van der Waals surface area contributed by atoms with Gasteiger partial charge < -0.3 is 11.1 Å². The van der Waals surface area contributed by atoms with Gasteiger partial charge in [0.05, 0.1) is 5.75 Å². The Morgan fingerprint density at radius 3 is 2.50 bits per heavy atom. The molecule has 0 heterocycles. The summed E-state index contributed by atoms with van der Waals surface area (Å²) in [6.07, 6.45) is 0.928. The summed E-state index contributed by atoms with van der Waals surface area (Å²) in [5.41, 5.74) is 7.28. The SMILES string of the molecule is CCNS(=O)(=O)CCNC(=O)CCc1ccc(N)cc1. The molecule has 0 aliphatic carbocycles. The Morgan fingerprint density at radius 2 is 1.90 bits per heavy atom. The molecule has 0 saturated heterocycles. The summed E-state index contributed by atoms with van der Waals surface area (Å²) < 4.78 is 25.1. The maximum absolute atomic E-state index is 11.6. The first-order valence-corrected chi connectivity index (χ1v) is 8.16. The van der Waals surface area contributed by atoms with Crippen LogP contribution in [0.15, 0.2) is 24.3 Å². The largest absolute Gasteiger partial charge is 0.399 e. The Morgan fingerprint density at radius 1 is 1.25 bits per heavy atom. The van der Waals surface area contributed by atoms with Gasteiger partial charge >= 0.3 is 0 Å². The number of amides is 1. The minimum absolute atomic E-state index is 0.103. The van der Waals surface area contributed by atoms with Crippen molar-refractivity contribution in [3.63, 3.8) is 0 Å². The Labute approximate surface area is 119 Å². The number of carbonyl (C=O) groups is 1. The molecule has 0 saturated carbocycles. The van der Waals surface area contributed by atoms with E-state index in [0.29, 0.717) is 25.1 Å². The quantitative estimate of drug-likeness (QED) is 0.599. The van der Waals surface area contributed by atoms with Crippen LogP contribution in [0.1, 0.15) is 18.9 Å². The molecule has 1 amide bonds. The number of carbonyl (C=O) groups excluding carboxylic acids is 1. The molecule has 112 valence electrons. The standard InChI is InChI=1S/C13H21N3O3S/c1-2-16-20(18,19)10-9-15-13(17)8-5-11-3-6-12(14)7-4-11/h3-4,6-7,16H,2,5,8-10,14H2,1H3,(H,15,17). The molecule has 0 unspecified atom stereocenters. The number of sulfonamides is 1. The van der Waals surface area contributed by atoms with E-state index in [0.717, 1.165) is 5.56 Å². The average Bonchev–Trinajstić information content (AvgIpc) is 2.37. The van der Waals surface area contributed by atoms with E-state index >= 15 is 0 Å².